The predicted octanol–water partition coefficient (Wildman–Crippen LogP) is 6.63. The van der Waals surface area contributed by atoms with Crippen molar-refractivity contribution in [2.24, 2.45) is 0 Å². The maximum absolute atomic E-state index is 4.18. The standard InChI is InChI=1S/C22H24S/c1-4-20-11-13-21(14-12-20)17-19(3)8-5-7-18(2)10-15-22-9-6-16-23-22/h5-7,9-16H,2-4,8,17H2,1H3/b7-5-,15-10+. The van der Waals surface area contributed by atoms with Crippen LogP contribution in [0.15, 0.2) is 84.3 Å². The molecule has 0 saturated carbocycles. The molecular weight excluding hydrogens is 296 g/mol. The van der Waals surface area contributed by atoms with E-state index in [4.69, 9.17) is 0 Å². The summed E-state index contributed by atoms with van der Waals surface area (Å²) < 4.78 is 0. The molecule has 1 heterocycles. The highest BCUT2D eigenvalue weighted by Gasteiger charge is 1.97. The van der Waals surface area contributed by atoms with Gasteiger partial charge in [0.05, 0.1) is 0 Å². The Hall–Kier alpha value is -2.12. The Morgan fingerprint density at radius 2 is 1.78 bits per heavy atom. The van der Waals surface area contributed by atoms with Crippen LogP contribution in [-0.4, -0.2) is 0 Å². The summed E-state index contributed by atoms with van der Waals surface area (Å²) in [4.78, 5) is 1.25. The van der Waals surface area contributed by atoms with E-state index in [0.29, 0.717) is 0 Å². The van der Waals surface area contributed by atoms with Crippen molar-refractivity contribution in [2.75, 3.05) is 0 Å². The van der Waals surface area contributed by atoms with Gasteiger partial charge in [0.1, 0.15) is 0 Å². The predicted molar refractivity (Wildman–Crippen MR) is 105 cm³/mol. The molecule has 0 bridgehead atoms. The van der Waals surface area contributed by atoms with Gasteiger partial charge in [-0.15, -0.1) is 11.3 Å². The molecule has 0 atom stereocenters. The van der Waals surface area contributed by atoms with Crippen LogP contribution in [0.4, 0.5) is 0 Å². The maximum Gasteiger partial charge on any atom is 0.0270 e. The smallest absolute Gasteiger partial charge is 0.0270 e. The summed E-state index contributed by atoms with van der Waals surface area (Å²) in [7, 11) is 0. The summed E-state index contributed by atoms with van der Waals surface area (Å²) in [5.74, 6) is 0. The number of hydrogen-bond acceptors (Lipinski definition) is 1. The van der Waals surface area contributed by atoms with Crippen LogP contribution in [0.5, 0.6) is 0 Å². The lowest BCUT2D eigenvalue weighted by molar-refractivity contribution is 1.06. The highest BCUT2D eigenvalue weighted by molar-refractivity contribution is 7.10. The maximum atomic E-state index is 4.18. The monoisotopic (exact) mass is 320 g/mol. The van der Waals surface area contributed by atoms with Crippen molar-refractivity contribution in [3.63, 3.8) is 0 Å². The molecular formula is C22H24S. The molecule has 0 aliphatic heterocycles. The zero-order chi connectivity index (χ0) is 16.5. The van der Waals surface area contributed by atoms with Gasteiger partial charge in [-0.05, 0) is 53.5 Å². The zero-order valence-electron chi connectivity index (χ0n) is 13.8. The fraction of sp³-hybridized carbons (Fsp3) is 0.182. The molecule has 0 aliphatic rings. The van der Waals surface area contributed by atoms with E-state index in [1.165, 1.54) is 21.6 Å². The highest BCUT2D eigenvalue weighted by atomic mass is 32.1. The van der Waals surface area contributed by atoms with Crippen molar-refractivity contribution in [2.45, 2.75) is 26.2 Å². The van der Waals surface area contributed by atoms with Gasteiger partial charge in [0.25, 0.3) is 0 Å². The Bertz CT molecular complexity index is 682. The van der Waals surface area contributed by atoms with Crippen LogP contribution < -0.4 is 0 Å². The first kappa shape index (κ1) is 17.2. The van der Waals surface area contributed by atoms with Gasteiger partial charge < -0.3 is 0 Å². The SMILES string of the molecule is C=C(/C=C\CC(=C)Cc1ccc(CC)cc1)/C=C/c1cccs1. The average Bonchev–Trinajstić information content (AvgIpc) is 3.07. The molecule has 0 aliphatic carbocycles. The second kappa shape index (κ2) is 9.12. The summed E-state index contributed by atoms with van der Waals surface area (Å²) >= 11 is 1.73. The number of thiophene rings is 1. The van der Waals surface area contributed by atoms with Gasteiger partial charge >= 0.3 is 0 Å². The van der Waals surface area contributed by atoms with Gasteiger partial charge in [-0.3, -0.25) is 0 Å². The van der Waals surface area contributed by atoms with Crippen molar-refractivity contribution >= 4 is 17.4 Å². The molecule has 0 nitrogen and oxygen atoms in total. The number of aryl methyl sites for hydroxylation is 1. The minimum atomic E-state index is 0.890. The first-order chi connectivity index (χ1) is 11.2. The lowest BCUT2D eigenvalue weighted by atomic mass is 10.0. The van der Waals surface area contributed by atoms with Gasteiger partial charge in [0.15, 0.2) is 0 Å². The molecule has 0 unspecified atom stereocenters. The number of rotatable bonds is 8. The van der Waals surface area contributed by atoms with Crippen LogP contribution in [0.25, 0.3) is 6.08 Å². The zero-order valence-corrected chi connectivity index (χ0v) is 14.6. The van der Waals surface area contributed by atoms with E-state index in [1.807, 2.05) is 0 Å². The van der Waals surface area contributed by atoms with E-state index in [0.717, 1.165) is 24.8 Å². The van der Waals surface area contributed by atoms with Gasteiger partial charge in [-0.2, -0.15) is 0 Å². The van der Waals surface area contributed by atoms with E-state index < -0.39 is 0 Å². The van der Waals surface area contributed by atoms with E-state index in [9.17, 15) is 0 Å². The minimum Gasteiger partial charge on any atom is -0.144 e. The summed E-state index contributed by atoms with van der Waals surface area (Å²) in [5.41, 5.74) is 4.95. The molecule has 2 rings (SSSR count). The molecule has 0 saturated heterocycles. The summed E-state index contributed by atoms with van der Waals surface area (Å²) in [6.45, 7) is 10.4. The van der Waals surface area contributed by atoms with Crippen molar-refractivity contribution in [3.8, 4) is 0 Å². The molecule has 23 heavy (non-hydrogen) atoms. The molecule has 1 aromatic heterocycles. The Kier molecular flexibility index (Phi) is 6.83. The van der Waals surface area contributed by atoms with E-state index in [1.54, 1.807) is 11.3 Å². The highest BCUT2D eigenvalue weighted by Crippen LogP contribution is 2.14. The second-order valence-corrected chi connectivity index (χ2v) is 6.61. The molecule has 0 fully saturated rings. The third-order valence-electron chi connectivity index (χ3n) is 3.63. The fourth-order valence-electron chi connectivity index (χ4n) is 2.26. The molecule has 118 valence electrons. The summed E-state index contributed by atoms with van der Waals surface area (Å²) in [6, 6.07) is 13.0. The largest absolute Gasteiger partial charge is 0.144 e. The van der Waals surface area contributed by atoms with Crippen LogP contribution in [0.2, 0.25) is 0 Å². The minimum absolute atomic E-state index is 0.890. The second-order valence-electron chi connectivity index (χ2n) is 5.63. The molecule has 2 aromatic rings. The van der Waals surface area contributed by atoms with Crippen LogP contribution in [0.1, 0.15) is 29.3 Å². The average molecular weight is 321 g/mol. The Balaban J connectivity index is 1.77. The normalized spacial score (nSPS) is 11.3. The molecule has 0 N–H and O–H groups in total. The van der Waals surface area contributed by atoms with Crippen LogP contribution >= 0.6 is 11.3 Å². The first-order valence-electron chi connectivity index (χ1n) is 7.99. The quantitative estimate of drug-likeness (QED) is 0.378. The molecule has 1 aromatic carbocycles. The number of allylic oxidation sites excluding steroid dienone is 5. The Labute approximate surface area is 144 Å². The van der Waals surface area contributed by atoms with E-state index >= 15 is 0 Å². The first-order valence-corrected chi connectivity index (χ1v) is 8.87. The fourth-order valence-corrected chi connectivity index (χ4v) is 2.88. The van der Waals surface area contributed by atoms with Crippen molar-refractivity contribution in [3.05, 3.63) is 100 Å². The van der Waals surface area contributed by atoms with E-state index in [-0.39, 0.29) is 0 Å². The van der Waals surface area contributed by atoms with E-state index in [2.05, 4.69) is 86.2 Å². The Morgan fingerprint density at radius 1 is 1.04 bits per heavy atom. The van der Waals surface area contributed by atoms with Crippen molar-refractivity contribution in [1.29, 1.82) is 0 Å². The molecule has 0 radical (unpaired) electrons. The number of benzene rings is 1. The topological polar surface area (TPSA) is 0 Å². The lowest BCUT2D eigenvalue weighted by Crippen LogP contribution is -1.89. The number of hydrogen-bond donors (Lipinski definition) is 0. The van der Waals surface area contributed by atoms with Crippen molar-refractivity contribution in [1.82, 2.24) is 0 Å². The van der Waals surface area contributed by atoms with Crippen LogP contribution in [0.3, 0.4) is 0 Å². The summed E-state index contributed by atoms with van der Waals surface area (Å²) in [6.07, 6.45) is 11.3. The third-order valence-corrected chi connectivity index (χ3v) is 4.47. The van der Waals surface area contributed by atoms with Gasteiger partial charge in [0.2, 0.25) is 0 Å². The summed E-state index contributed by atoms with van der Waals surface area (Å²) in [5, 5.41) is 2.08. The van der Waals surface area contributed by atoms with Gasteiger partial charge in [-0.25, -0.2) is 0 Å². The third kappa shape index (κ3) is 6.25. The van der Waals surface area contributed by atoms with Gasteiger partial charge in [-0.1, -0.05) is 74.2 Å². The van der Waals surface area contributed by atoms with Crippen LogP contribution in [-0.2, 0) is 12.8 Å². The van der Waals surface area contributed by atoms with Gasteiger partial charge in [0, 0.05) is 4.88 Å². The van der Waals surface area contributed by atoms with Crippen LogP contribution in [0, 0.1) is 0 Å². The molecule has 0 amide bonds. The van der Waals surface area contributed by atoms with Crippen molar-refractivity contribution < 1.29 is 0 Å². The molecule has 1 heteroatoms. The molecule has 0 spiro atoms. The Morgan fingerprint density at radius 3 is 2.43 bits per heavy atom. The lowest BCUT2D eigenvalue weighted by Gasteiger charge is -2.04.